The van der Waals surface area contributed by atoms with Gasteiger partial charge in [0, 0.05) is 37.1 Å². The standard InChI is InChI=1S/C15H18ClN5O/c1-3-8-18-15(17-2)19-9-7-13-20-14(21-22-13)11-5-4-6-12(16)10-11/h3-6,10H,1,7-9H2,2H3,(H2,17,18,19). The Labute approximate surface area is 134 Å². The molecule has 6 nitrogen and oxygen atoms in total. The quantitative estimate of drug-likeness (QED) is 0.485. The number of hydrogen-bond acceptors (Lipinski definition) is 4. The second-order valence-corrected chi connectivity index (χ2v) is 4.88. The van der Waals surface area contributed by atoms with Crippen LogP contribution < -0.4 is 10.6 Å². The molecule has 0 unspecified atom stereocenters. The van der Waals surface area contributed by atoms with Crippen molar-refractivity contribution in [3.05, 3.63) is 47.8 Å². The lowest BCUT2D eigenvalue weighted by molar-refractivity contribution is 0.378. The summed E-state index contributed by atoms with van der Waals surface area (Å²) in [7, 11) is 1.71. The fourth-order valence-electron chi connectivity index (χ4n) is 1.78. The van der Waals surface area contributed by atoms with Crippen molar-refractivity contribution in [2.45, 2.75) is 6.42 Å². The molecule has 2 aromatic rings. The first-order chi connectivity index (χ1) is 10.7. The topological polar surface area (TPSA) is 75.3 Å². The molecular weight excluding hydrogens is 302 g/mol. The third-order valence-electron chi connectivity index (χ3n) is 2.82. The molecule has 0 bridgehead atoms. The Bertz CT molecular complexity index is 653. The van der Waals surface area contributed by atoms with Crippen LogP contribution in [0.3, 0.4) is 0 Å². The largest absolute Gasteiger partial charge is 0.356 e. The molecule has 2 N–H and O–H groups in total. The van der Waals surface area contributed by atoms with Crippen LogP contribution in [0.2, 0.25) is 5.02 Å². The molecule has 0 spiro atoms. The fraction of sp³-hybridized carbons (Fsp3) is 0.267. The van der Waals surface area contributed by atoms with Crippen molar-refractivity contribution >= 4 is 17.6 Å². The first kappa shape index (κ1) is 16.0. The van der Waals surface area contributed by atoms with E-state index >= 15 is 0 Å². The highest BCUT2D eigenvalue weighted by Gasteiger charge is 2.09. The van der Waals surface area contributed by atoms with E-state index in [0.29, 0.717) is 42.2 Å². The molecule has 0 atom stereocenters. The van der Waals surface area contributed by atoms with Gasteiger partial charge in [-0.3, -0.25) is 4.99 Å². The van der Waals surface area contributed by atoms with Gasteiger partial charge in [-0.2, -0.15) is 4.98 Å². The Kier molecular flexibility index (Phi) is 5.97. The average molecular weight is 320 g/mol. The predicted octanol–water partition coefficient (Wildman–Crippen LogP) is 2.28. The third kappa shape index (κ3) is 4.60. The van der Waals surface area contributed by atoms with Gasteiger partial charge in [-0.25, -0.2) is 0 Å². The molecule has 0 saturated carbocycles. The zero-order valence-electron chi connectivity index (χ0n) is 12.3. The van der Waals surface area contributed by atoms with Crippen molar-refractivity contribution < 1.29 is 4.52 Å². The molecule has 0 aliphatic rings. The van der Waals surface area contributed by atoms with Crippen molar-refractivity contribution in [2.24, 2.45) is 4.99 Å². The number of rotatable bonds is 6. The van der Waals surface area contributed by atoms with Crippen LogP contribution in [0.1, 0.15) is 5.89 Å². The van der Waals surface area contributed by atoms with Gasteiger partial charge in [-0.05, 0) is 12.1 Å². The summed E-state index contributed by atoms with van der Waals surface area (Å²) >= 11 is 5.95. The monoisotopic (exact) mass is 319 g/mol. The minimum atomic E-state index is 0.534. The Balaban J connectivity index is 1.88. The molecule has 7 heteroatoms. The number of guanidine groups is 1. The van der Waals surface area contributed by atoms with Gasteiger partial charge in [0.15, 0.2) is 5.96 Å². The summed E-state index contributed by atoms with van der Waals surface area (Å²) in [6.45, 7) is 4.93. The van der Waals surface area contributed by atoms with Crippen LogP contribution in [0.15, 0.2) is 46.4 Å². The summed E-state index contributed by atoms with van der Waals surface area (Å²) in [5, 5.41) is 10.8. The smallest absolute Gasteiger partial charge is 0.228 e. The lowest BCUT2D eigenvalue weighted by atomic mass is 10.2. The number of halogens is 1. The van der Waals surface area contributed by atoms with Crippen LogP contribution >= 0.6 is 11.6 Å². The van der Waals surface area contributed by atoms with Crippen molar-refractivity contribution in [3.8, 4) is 11.4 Å². The van der Waals surface area contributed by atoms with Gasteiger partial charge in [0.2, 0.25) is 11.7 Å². The van der Waals surface area contributed by atoms with E-state index in [1.807, 2.05) is 12.1 Å². The molecule has 1 heterocycles. The fourth-order valence-corrected chi connectivity index (χ4v) is 1.97. The molecule has 116 valence electrons. The van der Waals surface area contributed by atoms with E-state index in [-0.39, 0.29) is 0 Å². The lowest BCUT2D eigenvalue weighted by Gasteiger charge is -2.08. The zero-order valence-corrected chi connectivity index (χ0v) is 13.1. The minimum Gasteiger partial charge on any atom is -0.356 e. The van der Waals surface area contributed by atoms with Crippen LogP contribution in [0, 0.1) is 0 Å². The molecular formula is C15H18ClN5O. The summed E-state index contributed by atoms with van der Waals surface area (Å²) in [5.41, 5.74) is 0.832. The Morgan fingerprint density at radius 3 is 3.05 bits per heavy atom. The van der Waals surface area contributed by atoms with E-state index in [1.54, 1.807) is 25.3 Å². The minimum absolute atomic E-state index is 0.534. The second kappa shape index (κ2) is 8.19. The van der Waals surface area contributed by atoms with Crippen molar-refractivity contribution in [1.82, 2.24) is 20.8 Å². The molecule has 0 saturated heterocycles. The number of nitrogens with zero attached hydrogens (tertiary/aromatic N) is 3. The highest BCUT2D eigenvalue weighted by molar-refractivity contribution is 6.30. The van der Waals surface area contributed by atoms with Crippen LogP contribution in [0.4, 0.5) is 0 Å². The number of benzene rings is 1. The molecule has 22 heavy (non-hydrogen) atoms. The maximum absolute atomic E-state index is 5.95. The average Bonchev–Trinajstić information content (AvgIpc) is 2.99. The van der Waals surface area contributed by atoms with Gasteiger partial charge in [-0.15, -0.1) is 6.58 Å². The molecule has 0 amide bonds. The van der Waals surface area contributed by atoms with Gasteiger partial charge in [-0.1, -0.05) is 35.0 Å². The summed E-state index contributed by atoms with van der Waals surface area (Å²) in [4.78, 5) is 8.44. The summed E-state index contributed by atoms with van der Waals surface area (Å²) in [6.07, 6.45) is 2.37. The van der Waals surface area contributed by atoms with E-state index in [2.05, 4.69) is 32.3 Å². The van der Waals surface area contributed by atoms with Gasteiger partial charge in [0.25, 0.3) is 0 Å². The van der Waals surface area contributed by atoms with Crippen molar-refractivity contribution in [3.63, 3.8) is 0 Å². The van der Waals surface area contributed by atoms with Gasteiger partial charge >= 0.3 is 0 Å². The Morgan fingerprint density at radius 1 is 1.45 bits per heavy atom. The zero-order chi connectivity index (χ0) is 15.8. The molecule has 2 rings (SSSR count). The van der Waals surface area contributed by atoms with Crippen molar-refractivity contribution in [2.75, 3.05) is 20.1 Å². The third-order valence-corrected chi connectivity index (χ3v) is 3.05. The Hall–Kier alpha value is -2.34. The molecule has 0 aliphatic heterocycles. The first-order valence-electron chi connectivity index (χ1n) is 6.87. The summed E-state index contributed by atoms with van der Waals surface area (Å²) in [5.74, 6) is 1.79. The van der Waals surface area contributed by atoms with Crippen LogP contribution in [0.5, 0.6) is 0 Å². The predicted molar refractivity (Wildman–Crippen MR) is 88.0 cm³/mol. The summed E-state index contributed by atoms with van der Waals surface area (Å²) in [6, 6.07) is 7.34. The normalized spacial score (nSPS) is 11.3. The van der Waals surface area contributed by atoms with Crippen molar-refractivity contribution in [1.29, 1.82) is 0 Å². The molecule has 0 fully saturated rings. The lowest BCUT2D eigenvalue weighted by Crippen LogP contribution is -2.38. The van der Waals surface area contributed by atoms with E-state index < -0.39 is 0 Å². The van der Waals surface area contributed by atoms with E-state index in [0.717, 1.165) is 5.56 Å². The molecule has 1 aromatic carbocycles. The van der Waals surface area contributed by atoms with Crippen LogP contribution in [0.25, 0.3) is 11.4 Å². The number of nitrogens with one attached hydrogen (secondary N) is 2. The highest BCUT2D eigenvalue weighted by Crippen LogP contribution is 2.19. The van der Waals surface area contributed by atoms with E-state index in [1.165, 1.54) is 0 Å². The van der Waals surface area contributed by atoms with E-state index in [4.69, 9.17) is 16.1 Å². The van der Waals surface area contributed by atoms with Gasteiger partial charge in [0.05, 0.1) is 0 Å². The number of aliphatic imine (C=N–C) groups is 1. The Morgan fingerprint density at radius 2 is 2.32 bits per heavy atom. The van der Waals surface area contributed by atoms with Gasteiger partial charge < -0.3 is 15.2 Å². The van der Waals surface area contributed by atoms with Crippen LogP contribution in [-0.4, -0.2) is 36.2 Å². The maximum atomic E-state index is 5.95. The highest BCUT2D eigenvalue weighted by atomic mass is 35.5. The van der Waals surface area contributed by atoms with Gasteiger partial charge in [0.1, 0.15) is 0 Å². The molecule has 0 aliphatic carbocycles. The second-order valence-electron chi connectivity index (χ2n) is 4.44. The number of aromatic nitrogens is 2. The molecule has 0 radical (unpaired) electrons. The first-order valence-corrected chi connectivity index (χ1v) is 7.24. The van der Waals surface area contributed by atoms with Crippen LogP contribution in [-0.2, 0) is 6.42 Å². The summed E-state index contributed by atoms with van der Waals surface area (Å²) < 4.78 is 5.23. The molecule has 1 aromatic heterocycles. The maximum Gasteiger partial charge on any atom is 0.228 e. The number of hydrogen-bond donors (Lipinski definition) is 2. The van der Waals surface area contributed by atoms with E-state index in [9.17, 15) is 0 Å². The SMILES string of the molecule is C=CCNC(=NC)NCCc1nc(-c2cccc(Cl)c2)no1.